The second-order valence-corrected chi connectivity index (χ2v) is 3.83. The summed E-state index contributed by atoms with van der Waals surface area (Å²) in [6.07, 6.45) is -4.23. The summed E-state index contributed by atoms with van der Waals surface area (Å²) in [5.74, 6) is -1.19. The first kappa shape index (κ1) is 11.9. The van der Waals surface area contributed by atoms with Gasteiger partial charge in [-0.2, -0.15) is 0 Å². The average molecular weight is 263 g/mol. The highest BCUT2D eigenvalue weighted by Crippen LogP contribution is 2.41. The number of halogens is 2. The van der Waals surface area contributed by atoms with Gasteiger partial charge in [0.2, 0.25) is 13.0 Å². The van der Waals surface area contributed by atoms with Crippen LogP contribution in [0.3, 0.4) is 0 Å². The van der Waals surface area contributed by atoms with E-state index >= 15 is 0 Å². The highest BCUT2D eigenvalue weighted by molar-refractivity contribution is 6.32. The minimum atomic E-state index is -2.42. The van der Waals surface area contributed by atoms with Crippen molar-refractivity contribution in [2.45, 2.75) is 12.3 Å². The maximum Gasteiger partial charge on any atom is 0.341 e. The van der Waals surface area contributed by atoms with E-state index in [9.17, 15) is 14.3 Å². The van der Waals surface area contributed by atoms with E-state index < -0.39 is 18.2 Å². The van der Waals surface area contributed by atoms with Crippen LogP contribution in [0.1, 0.15) is 11.7 Å². The van der Waals surface area contributed by atoms with Crippen LogP contribution in [0.5, 0.6) is 11.5 Å². The fourth-order valence-electron chi connectivity index (χ4n) is 1.46. The zero-order chi connectivity index (χ0) is 12.6. The number of hydrogen-bond acceptors (Lipinski definition) is 4. The van der Waals surface area contributed by atoms with Crippen molar-refractivity contribution in [1.82, 2.24) is 0 Å². The Morgan fingerprint density at radius 2 is 2.18 bits per heavy atom. The molecule has 0 bridgehead atoms. The summed E-state index contributed by atoms with van der Waals surface area (Å²) in [5, 5.41) is 18.1. The minimum Gasteiger partial charge on any atom is -0.479 e. The summed E-state index contributed by atoms with van der Waals surface area (Å²) in [6, 6.07) is 2.55. The van der Waals surface area contributed by atoms with Gasteiger partial charge in [0.15, 0.2) is 11.5 Å². The first-order valence-electron chi connectivity index (χ1n) is 4.64. The van der Waals surface area contributed by atoms with E-state index in [2.05, 4.69) is 0 Å². The Labute approximate surface area is 100 Å². The van der Waals surface area contributed by atoms with E-state index in [0.717, 1.165) is 0 Å². The standard InChI is InChI=1S/C10H8ClFO5/c11-5-1-4(8(13)7(12)10(14)15)2-6-9(5)17-3-16-6/h1-2,7-8,13H,3H2,(H,14,15). The normalized spacial score (nSPS) is 16.6. The number of aliphatic hydroxyl groups excluding tert-OH is 1. The molecular formula is C10H8ClFO5. The van der Waals surface area contributed by atoms with Gasteiger partial charge in [0.25, 0.3) is 0 Å². The van der Waals surface area contributed by atoms with Crippen molar-refractivity contribution >= 4 is 17.6 Å². The molecule has 5 nitrogen and oxygen atoms in total. The second kappa shape index (κ2) is 4.38. The number of alkyl halides is 1. The van der Waals surface area contributed by atoms with Crippen LogP contribution < -0.4 is 9.47 Å². The molecule has 0 fully saturated rings. The lowest BCUT2D eigenvalue weighted by Gasteiger charge is -2.13. The number of hydrogen-bond donors (Lipinski definition) is 2. The molecule has 2 rings (SSSR count). The molecule has 2 unspecified atom stereocenters. The molecule has 17 heavy (non-hydrogen) atoms. The number of carboxylic acid groups (broad SMARTS) is 1. The Kier molecular flexibility index (Phi) is 3.08. The number of carboxylic acids is 1. The predicted molar refractivity (Wildman–Crippen MR) is 55.1 cm³/mol. The molecule has 1 aromatic carbocycles. The van der Waals surface area contributed by atoms with E-state index in [-0.39, 0.29) is 23.1 Å². The van der Waals surface area contributed by atoms with Gasteiger partial charge < -0.3 is 19.7 Å². The number of rotatable bonds is 3. The van der Waals surface area contributed by atoms with Crippen molar-refractivity contribution in [3.8, 4) is 11.5 Å². The van der Waals surface area contributed by atoms with E-state index in [0.29, 0.717) is 5.75 Å². The molecule has 2 atom stereocenters. The van der Waals surface area contributed by atoms with Crippen molar-refractivity contribution in [1.29, 1.82) is 0 Å². The largest absolute Gasteiger partial charge is 0.479 e. The van der Waals surface area contributed by atoms with Crippen molar-refractivity contribution < 1.29 is 28.9 Å². The Balaban J connectivity index is 2.34. The van der Waals surface area contributed by atoms with Crippen molar-refractivity contribution in [2.75, 3.05) is 6.79 Å². The van der Waals surface area contributed by atoms with Crippen LogP contribution in [0.2, 0.25) is 5.02 Å². The second-order valence-electron chi connectivity index (χ2n) is 3.42. The molecule has 1 heterocycles. The predicted octanol–water partition coefficient (Wildman–Crippen LogP) is 1.52. The number of aliphatic hydroxyl groups is 1. The van der Waals surface area contributed by atoms with Gasteiger partial charge in [0, 0.05) is 0 Å². The van der Waals surface area contributed by atoms with Crippen LogP contribution in [0, 0.1) is 0 Å². The van der Waals surface area contributed by atoms with Gasteiger partial charge in [-0.25, -0.2) is 9.18 Å². The van der Waals surface area contributed by atoms with Gasteiger partial charge in [0.1, 0.15) is 6.10 Å². The van der Waals surface area contributed by atoms with Gasteiger partial charge in [-0.3, -0.25) is 0 Å². The molecule has 1 aliphatic heterocycles. The molecule has 92 valence electrons. The molecule has 0 saturated carbocycles. The summed E-state index contributed by atoms with van der Waals surface area (Å²) in [7, 11) is 0. The van der Waals surface area contributed by atoms with Crippen molar-refractivity contribution in [3.05, 3.63) is 22.7 Å². The fourth-order valence-corrected chi connectivity index (χ4v) is 1.74. The topological polar surface area (TPSA) is 76.0 Å². The SMILES string of the molecule is O=C(O)C(F)C(O)c1cc(Cl)c2c(c1)OCO2. The van der Waals surface area contributed by atoms with E-state index in [4.69, 9.17) is 26.2 Å². The van der Waals surface area contributed by atoms with Crippen LogP contribution in [0.15, 0.2) is 12.1 Å². The molecule has 1 aliphatic rings. The zero-order valence-corrected chi connectivity index (χ0v) is 9.15. The molecule has 2 N–H and O–H groups in total. The lowest BCUT2D eigenvalue weighted by Crippen LogP contribution is -2.23. The zero-order valence-electron chi connectivity index (χ0n) is 8.39. The summed E-state index contributed by atoms with van der Waals surface area (Å²) in [5.41, 5.74) is 0.0224. The number of ether oxygens (including phenoxy) is 2. The molecule has 0 aliphatic carbocycles. The molecule has 0 aromatic heterocycles. The lowest BCUT2D eigenvalue weighted by atomic mass is 10.0. The third kappa shape index (κ3) is 2.13. The Morgan fingerprint density at radius 1 is 1.47 bits per heavy atom. The Morgan fingerprint density at radius 3 is 2.82 bits per heavy atom. The van der Waals surface area contributed by atoms with Crippen molar-refractivity contribution in [2.24, 2.45) is 0 Å². The summed E-state index contributed by atoms with van der Waals surface area (Å²) >= 11 is 5.82. The van der Waals surface area contributed by atoms with E-state index in [1.807, 2.05) is 0 Å². The first-order chi connectivity index (χ1) is 8.00. The molecule has 0 saturated heterocycles. The maximum absolute atomic E-state index is 13.1. The van der Waals surface area contributed by atoms with Crippen LogP contribution in [0.4, 0.5) is 4.39 Å². The molecular weight excluding hydrogens is 255 g/mol. The summed E-state index contributed by atoms with van der Waals surface area (Å²) in [6.45, 7) is -0.0212. The summed E-state index contributed by atoms with van der Waals surface area (Å²) < 4.78 is 23.2. The Hall–Kier alpha value is -1.53. The molecule has 0 spiro atoms. The third-order valence-corrected chi connectivity index (χ3v) is 2.58. The summed E-state index contributed by atoms with van der Waals surface area (Å²) in [4.78, 5) is 10.4. The average Bonchev–Trinajstić information content (AvgIpc) is 2.75. The molecule has 0 radical (unpaired) electrons. The Bertz CT molecular complexity index is 464. The monoisotopic (exact) mass is 262 g/mol. The number of carbonyl (C=O) groups is 1. The molecule has 7 heteroatoms. The smallest absolute Gasteiger partial charge is 0.341 e. The minimum absolute atomic E-state index is 0.0212. The highest BCUT2D eigenvalue weighted by Gasteiger charge is 2.29. The van der Waals surface area contributed by atoms with Gasteiger partial charge in [-0.15, -0.1) is 0 Å². The quantitative estimate of drug-likeness (QED) is 0.864. The van der Waals surface area contributed by atoms with Gasteiger partial charge in [-0.1, -0.05) is 11.6 Å². The van der Waals surface area contributed by atoms with E-state index in [1.54, 1.807) is 0 Å². The third-order valence-electron chi connectivity index (χ3n) is 2.30. The number of aliphatic carboxylic acids is 1. The molecule has 1 aromatic rings. The number of fused-ring (bicyclic) bond motifs is 1. The molecule has 0 amide bonds. The van der Waals surface area contributed by atoms with Gasteiger partial charge in [0.05, 0.1) is 5.02 Å². The van der Waals surface area contributed by atoms with Crippen LogP contribution in [0.25, 0.3) is 0 Å². The van der Waals surface area contributed by atoms with Gasteiger partial charge in [-0.05, 0) is 17.7 Å². The lowest BCUT2D eigenvalue weighted by molar-refractivity contribution is -0.147. The number of benzene rings is 1. The highest BCUT2D eigenvalue weighted by atomic mass is 35.5. The van der Waals surface area contributed by atoms with Crippen molar-refractivity contribution in [3.63, 3.8) is 0 Å². The van der Waals surface area contributed by atoms with E-state index in [1.165, 1.54) is 12.1 Å². The van der Waals surface area contributed by atoms with Crippen LogP contribution in [-0.4, -0.2) is 29.1 Å². The first-order valence-corrected chi connectivity index (χ1v) is 5.02. The van der Waals surface area contributed by atoms with Crippen LogP contribution in [-0.2, 0) is 4.79 Å². The van der Waals surface area contributed by atoms with Crippen LogP contribution >= 0.6 is 11.6 Å². The maximum atomic E-state index is 13.1. The fraction of sp³-hybridized carbons (Fsp3) is 0.300. The van der Waals surface area contributed by atoms with Gasteiger partial charge >= 0.3 is 5.97 Å².